The second kappa shape index (κ2) is 8.61. The van der Waals surface area contributed by atoms with Crippen LogP contribution in [-0.2, 0) is 0 Å². The number of nitrogens with one attached hydrogen (secondary N) is 1. The number of anilines is 2. The van der Waals surface area contributed by atoms with Crippen molar-refractivity contribution in [3.8, 4) is 6.01 Å². The highest BCUT2D eigenvalue weighted by Gasteiger charge is 2.15. The van der Waals surface area contributed by atoms with Crippen molar-refractivity contribution in [1.82, 2.24) is 19.9 Å². The molecule has 1 N–H and O–H groups in total. The molecule has 0 aliphatic carbocycles. The van der Waals surface area contributed by atoms with Gasteiger partial charge in [0.2, 0.25) is 11.9 Å². The number of rotatable bonds is 9. The summed E-state index contributed by atoms with van der Waals surface area (Å²) in [7, 11) is 5.69. The molecule has 0 amide bonds. The summed E-state index contributed by atoms with van der Waals surface area (Å²) in [5, 5.41) is 3.12. The Kier molecular flexibility index (Phi) is 7.14. The molecule has 1 heterocycles. The number of hydrogen-bond donors (Lipinski definition) is 1. The Morgan fingerprint density at radius 3 is 2.38 bits per heavy atom. The number of nitrogens with zero attached hydrogens (tertiary/aromatic N) is 5. The summed E-state index contributed by atoms with van der Waals surface area (Å²) >= 11 is 0. The standard InChI is InChI=1S/C14H28N6O/c1-7-15-12-16-13(18-14(17-12)21-6)20(10-11(2)3)9-8-19(4)5/h11H,7-10H2,1-6H3,(H,15,16,17,18). The molecule has 0 saturated carbocycles. The van der Waals surface area contributed by atoms with E-state index in [9.17, 15) is 0 Å². The molecule has 0 spiro atoms. The van der Waals surface area contributed by atoms with Crippen LogP contribution in [0.4, 0.5) is 11.9 Å². The second-order valence-corrected chi connectivity index (χ2v) is 5.62. The van der Waals surface area contributed by atoms with E-state index < -0.39 is 0 Å². The Balaban J connectivity index is 3.00. The van der Waals surface area contributed by atoms with Crippen molar-refractivity contribution in [2.24, 2.45) is 5.92 Å². The Morgan fingerprint density at radius 2 is 1.86 bits per heavy atom. The van der Waals surface area contributed by atoms with Gasteiger partial charge < -0.3 is 19.9 Å². The van der Waals surface area contributed by atoms with Crippen LogP contribution in [0.15, 0.2) is 0 Å². The van der Waals surface area contributed by atoms with Crippen molar-refractivity contribution in [2.75, 3.05) is 57.6 Å². The molecule has 120 valence electrons. The largest absolute Gasteiger partial charge is 0.467 e. The van der Waals surface area contributed by atoms with Crippen LogP contribution in [0.1, 0.15) is 20.8 Å². The normalized spacial score (nSPS) is 11.0. The Hall–Kier alpha value is -1.63. The minimum absolute atomic E-state index is 0.342. The fourth-order valence-electron chi connectivity index (χ4n) is 1.85. The molecule has 7 nitrogen and oxygen atoms in total. The third-order valence-electron chi connectivity index (χ3n) is 2.81. The molecule has 0 atom stereocenters. The fraction of sp³-hybridized carbons (Fsp3) is 0.786. The maximum absolute atomic E-state index is 5.18. The van der Waals surface area contributed by atoms with Gasteiger partial charge in [-0.05, 0) is 26.9 Å². The Morgan fingerprint density at radius 1 is 1.14 bits per heavy atom. The lowest BCUT2D eigenvalue weighted by molar-refractivity contribution is 0.376. The van der Waals surface area contributed by atoms with Crippen LogP contribution < -0.4 is 15.0 Å². The van der Waals surface area contributed by atoms with E-state index in [0.29, 0.717) is 23.8 Å². The van der Waals surface area contributed by atoms with Crippen LogP contribution >= 0.6 is 0 Å². The number of methoxy groups -OCH3 is 1. The maximum Gasteiger partial charge on any atom is 0.322 e. The third-order valence-corrected chi connectivity index (χ3v) is 2.81. The molecule has 0 aliphatic rings. The molecule has 1 aromatic rings. The molecule has 0 aromatic carbocycles. The molecule has 1 aromatic heterocycles. The minimum Gasteiger partial charge on any atom is -0.467 e. The van der Waals surface area contributed by atoms with Gasteiger partial charge in [0, 0.05) is 26.2 Å². The van der Waals surface area contributed by atoms with Gasteiger partial charge in [0.15, 0.2) is 0 Å². The summed E-state index contributed by atoms with van der Waals surface area (Å²) < 4.78 is 5.18. The first-order valence-electron chi connectivity index (χ1n) is 7.39. The summed E-state index contributed by atoms with van der Waals surface area (Å²) in [4.78, 5) is 17.4. The van der Waals surface area contributed by atoms with E-state index in [-0.39, 0.29) is 0 Å². The topological polar surface area (TPSA) is 66.4 Å². The van der Waals surface area contributed by atoms with Gasteiger partial charge in [0.25, 0.3) is 0 Å². The summed E-state index contributed by atoms with van der Waals surface area (Å²) in [5.41, 5.74) is 0. The number of likely N-dealkylation sites (N-methyl/N-ethyl adjacent to an activating group) is 1. The summed E-state index contributed by atoms with van der Waals surface area (Å²) in [6.45, 7) is 9.84. The van der Waals surface area contributed by atoms with Gasteiger partial charge in [-0.2, -0.15) is 15.0 Å². The summed E-state index contributed by atoms with van der Waals surface area (Å²) in [6.07, 6.45) is 0. The van der Waals surface area contributed by atoms with E-state index in [1.54, 1.807) is 7.11 Å². The first-order chi connectivity index (χ1) is 9.96. The lowest BCUT2D eigenvalue weighted by Gasteiger charge is -2.26. The van der Waals surface area contributed by atoms with Crippen molar-refractivity contribution in [1.29, 1.82) is 0 Å². The monoisotopic (exact) mass is 296 g/mol. The first kappa shape index (κ1) is 17.4. The molecule has 1 rings (SSSR count). The van der Waals surface area contributed by atoms with Crippen LogP contribution in [0.5, 0.6) is 6.01 Å². The zero-order valence-electron chi connectivity index (χ0n) is 14.1. The van der Waals surface area contributed by atoms with Gasteiger partial charge in [-0.15, -0.1) is 0 Å². The highest BCUT2D eigenvalue weighted by atomic mass is 16.5. The minimum atomic E-state index is 0.342. The van der Waals surface area contributed by atoms with E-state index in [1.807, 2.05) is 6.92 Å². The molecule has 0 saturated heterocycles. The zero-order valence-corrected chi connectivity index (χ0v) is 14.1. The van der Waals surface area contributed by atoms with E-state index in [0.717, 1.165) is 26.2 Å². The van der Waals surface area contributed by atoms with Crippen molar-refractivity contribution in [3.05, 3.63) is 0 Å². The fourth-order valence-corrected chi connectivity index (χ4v) is 1.85. The molecule has 7 heteroatoms. The zero-order chi connectivity index (χ0) is 15.8. The second-order valence-electron chi connectivity index (χ2n) is 5.62. The molecule has 0 bridgehead atoms. The molecule has 0 unspecified atom stereocenters. The van der Waals surface area contributed by atoms with Gasteiger partial charge >= 0.3 is 6.01 Å². The Labute approximate surface area is 127 Å². The van der Waals surface area contributed by atoms with Crippen LogP contribution in [0.25, 0.3) is 0 Å². The molecular formula is C14H28N6O. The summed E-state index contributed by atoms with van der Waals surface area (Å²) in [6, 6.07) is 0.342. The molecule has 0 fully saturated rings. The first-order valence-corrected chi connectivity index (χ1v) is 7.39. The lowest BCUT2D eigenvalue weighted by Crippen LogP contribution is -2.35. The van der Waals surface area contributed by atoms with Crippen molar-refractivity contribution >= 4 is 11.9 Å². The van der Waals surface area contributed by atoms with Crippen molar-refractivity contribution in [2.45, 2.75) is 20.8 Å². The van der Waals surface area contributed by atoms with Gasteiger partial charge in [-0.1, -0.05) is 13.8 Å². The highest BCUT2D eigenvalue weighted by Crippen LogP contribution is 2.16. The quantitative estimate of drug-likeness (QED) is 0.737. The Bertz CT molecular complexity index is 424. The summed E-state index contributed by atoms with van der Waals surface area (Å²) in [5.74, 6) is 1.74. The van der Waals surface area contributed by atoms with Gasteiger partial charge in [-0.25, -0.2) is 0 Å². The van der Waals surface area contributed by atoms with E-state index >= 15 is 0 Å². The SMILES string of the molecule is CCNc1nc(OC)nc(N(CCN(C)C)CC(C)C)n1. The molecular weight excluding hydrogens is 268 g/mol. The number of hydrogen-bond acceptors (Lipinski definition) is 7. The predicted molar refractivity (Wildman–Crippen MR) is 86.1 cm³/mol. The third kappa shape index (κ3) is 6.12. The average Bonchev–Trinajstić information content (AvgIpc) is 2.42. The number of ether oxygens (including phenoxy) is 1. The van der Waals surface area contributed by atoms with Gasteiger partial charge in [0.05, 0.1) is 7.11 Å². The van der Waals surface area contributed by atoms with Crippen LogP contribution in [0.3, 0.4) is 0 Å². The average molecular weight is 296 g/mol. The molecule has 21 heavy (non-hydrogen) atoms. The van der Waals surface area contributed by atoms with Crippen molar-refractivity contribution < 1.29 is 4.74 Å². The van der Waals surface area contributed by atoms with Crippen LogP contribution in [0, 0.1) is 5.92 Å². The molecule has 0 radical (unpaired) electrons. The van der Waals surface area contributed by atoms with Crippen molar-refractivity contribution in [3.63, 3.8) is 0 Å². The molecule has 0 aliphatic heterocycles. The van der Waals surface area contributed by atoms with E-state index in [4.69, 9.17) is 4.74 Å². The smallest absolute Gasteiger partial charge is 0.322 e. The van der Waals surface area contributed by atoms with E-state index in [1.165, 1.54) is 0 Å². The van der Waals surface area contributed by atoms with Crippen LogP contribution in [0.2, 0.25) is 0 Å². The lowest BCUT2D eigenvalue weighted by atomic mass is 10.2. The maximum atomic E-state index is 5.18. The predicted octanol–water partition coefficient (Wildman–Crippen LogP) is 1.34. The van der Waals surface area contributed by atoms with Gasteiger partial charge in [0.1, 0.15) is 0 Å². The van der Waals surface area contributed by atoms with Crippen LogP contribution in [-0.4, -0.2) is 67.2 Å². The van der Waals surface area contributed by atoms with E-state index in [2.05, 4.69) is 58.0 Å². The highest BCUT2D eigenvalue weighted by molar-refractivity contribution is 5.38. The van der Waals surface area contributed by atoms with Gasteiger partial charge in [-0.3, -0.25) is 0 Å². The number of aromatic nitrogens is 3.